The molecule has 4 heteroatoms. The first-order chi connectivity index (χ1) is 8.20. The highest BCUT2D eigenvalue weighted by atomic mass is 16.5. The number of nitrogen functional groups attached to an aromatic ring is 1. The van der Waals surface area contributed by atoms with Gasteiger partial charge < -0.3 is 15.0 Å². The molecule has 0 amide bonds. The van der Waals surface area contributed by atoms with Crippen LogP contribution in [0.3, 0.4) is 0 Å². The van der Waals surface area contributed by atoms with Crippen LogP contribution in [0.2, 0.25) is 0 Å². The van der Waals surface area contributed by atoms with E-state index in [1.807, 2.05) is 11.5 Å². The van der Waals surface area contributed by atoms with Crippen molar-refractivity contribution in [2.24, 2.45) is 5.92 Å². The molecule has 1 aromatic rings. The zero-order valence-electron chi connectivity index (χ0n) is 10.3. The Labute approximate surface area is 102 Å². The fourth-order valence-corrected chi connectivity index (χ4v) is 2.41. The van der Waals surface area contributed by atoms with E-state index < -0.39 is 0 Å². The first-order valence-corrected chi connectivity index (χ1v) is 6.33. The van der Waals surface area contributed by atoms with Crippen LogP contribution in [0.1, 0.15) is 43.1 Å². The topological polar surface area (TPSA) is 57.2 Å². The summed E-state index contributed by atoms with van der Waals surface area (Å²) < 4.78 is 7.18. The van der Waals surface area contributed by atoms with E-state index in [4.69, 9.17) is 10.5 Å². The van der Waals surface area contributed by atoms with E-state index >= 15 is 0 Å². The second-order valence-corrected chi connectivity index (χ2v) is 4.69. The number of nitrogens with two attached hydrogens (primary N) is 1. The van der Waals surface area contributed by atoms with Gasteiger partial charge in [0.15, 0.2) is 0 Å². The Morgan fingerprint density at radius 3 is 2.88 bits per heavy atom. The van der Waals surface area contributed by atoms with Crippen molar-refractivity contribution < 1.29 is 9.53 Å². The molecule has 0 aliphatic heterocycles. The lowest BCUT2D eigenvalue weighted by molar-refractivity contribution is 0.0430. The summed E-state index contributed by atoms with van der Waals surface area (Å²) in [6.07, 6.45) is 6.67. The highest BCUT2D eigenvalue weighted by Gasteiger charge is 2.19. The highest BCUT2D eigenvalue weighted by Crippen LogP contribution is 2.25. The van der Waals surface area contributed by atoms with Gasteiger partial charge in [0.1, 0.15) is 5.69 Å². The van der Waals surface area contributed by atoms with Gasteiger partial charge in [0.05, 0.1) is 12.3 Å². The molecule has 94 valence electrons. The van der Waals surface area contributed by atoms with Crippen molar-refractivity contribution >= 4 is 11.7 Å². The van der Waals surface area contributed by atoms with Crippen molar-refractivity contribution in [1.82, 2.24) is 4.57 Å². The number of aromatic nitrogens is 1. The normalized spacial score (nSPS) is 16.3. The van der Waals surface area contributed by atoms with Gasteiger partial charge in [-0.3, -0.25) is 0 Å². The molecule has 0 saturated heterocycles. The number of hydrogen-bond acceptors (Lipinski definition) is 3. The quantitative estimate of drug-likeness (QED) is 0.817. The van der Waals surface area contributed by atoms with E-state index in [9.17, 15) is 4.79 Å². The molecule has 1 heterocycles. The molecule has 0 bridgehead atoms. The summed E-state index contributed by atoms with van der Waals surface area (Å²) in [5.74, 6) is 0.303. The van der Waals surface area contributed by atoms with Gasteiger partial charge in [0.25, 0.3) is 0 Å². The lowest BCUT2D eigenvalue weighted by Gasteiger charge is -2.10. The van der Waals surface area contributed by atoms with Gasteiger partial charge in [-0.1, -0.05) is 12.8 Å². The number of carbonyl (C=O) groups excluding carboxylic acids is 1. The van der Waals surface area contributed by atoms with E-state index in [1.165, 1.54) is 25.7 Å². The van der Waals surface area contributed by atoms with Gasteiger partial charge in [0.2, 0.25) is 0 Å². The summed E-state index contributed by atoms with van der Waals surface area (Å²) in [7, 11) is 0. The van der Waals surface area contributed by atoms with Crippen LogP contribution < -0.4 is 5.73 Å². The molecule has 1 fully saturated rings. The minimum atomic E-state index is -0.254. The molecule has 0 unspecified atom stereocenters. The minimum Gasteiger partial charge on any atom is -0.461 e. The third-order valence-electron chi connectivity index (χ3n) is 3.39. The zero-order valence-corrected chi connectivity index (χ0v) is 10.3. The number of carbonyl (C=O) groups is 1. The molecule has 17 heavy (non-hydrogen) atoms. The van der Waals surface area contributed by atoms with Gasteiger partial charge in [-0.25, -0.2) is 4.79 Å². The van der Waals surface area contributed by atoms with Crippen molar-refractivity contribution in [2.45, 2.75) is 39.2 Å². The molecule has 4 nitrogen and oxygen atoms in total. The largest absolute Gasteiger partial charge is 0.461 e. The number of ether oxygens (including phenoxy) is 1. The van der Waals surface area contributed by atoms with Crippen LogP contribution >= 0.6 is 0 Å². The Bertz CT molecular complexity index is 392. The van der Waals surface area contributed by atoms with E-state index in [0.29, 0.717) is 23.9 Å². The molecule has 1 aromatic heterocycles. The average molecular weight is 236 g/mol. The van der Waals surface area contributed by atoms with Gasteiger partial charge in [0, 0.05) is 12.7 Å². The monoisotopic (exact) mass is 236 g/mol. The second-order valence-electron chi connectivity index (χ2n) is 4.69. The molecule has 1 saturated carbocycles. The Hall–Kier alpha value is -1.45. The Morgan fingerprint density at radius 2 is 2.24 bits per heavy atom. The van der Waals surface area contributed by atoms with E-state index in [-0.39, 0.29) is 5.97 Å². The molecule has 2 N–H and O–H groups in total. The SMILES string of the molecule is CCn1cc(N)cc1C(=O)OCC1CCCC1. The molecule has 0 radical (unpaired) electrons. The molecule has 1 aliphatic rings. The molecular formula is C13H20N2O2. The van der Waals surface area contributed by atoms with Crippen molar-refractivity contribution in [2.75, 3.05) is 12.3 Å². The number of aryl methyl sites for hydroxylation is 1. The summed E-state index contributed by atoms with van der Waals surface area (Å²) in [4.78, 5) is 11.9. The van der Waals surface area contributed by atoms with Crippen LogP contribution in [-0.2, 0) is 11.3 Å². The van der Waals surface area contributed by atoms with Crippen LogP contribution in [0.5, 0.6) is 0 Å². The molecule has 0 spiro atoms. The van der Waals surface area contributed by atoms with Gasteiger partial charge >= 0.3 is 5.97 Å². The third-order valence-corrected chi connectivity index (χ3v) is 3.39. The number of hydrogen-bond donors (Lipinski definition) is 1. The predicted octanol–water partition coefficient (Wildman–Crippen LogP) is 2.44. The van der Waals surface area contributed by atoms with Gasteiger partial charge in [-0.05, 0) is 31.7 Å². The van der Waals surface area contributed by atoms with Gasteiger partial charge in [-0.15, -0.1) is 0 Å². The first kappa shape index (κ1) is 12.0. The van der Waals surface area contributed by atoms with Crippen molar-refractivity contribution in [1.29, 1.82) is 0 Å². The molecular weight excluding hydrogens is 216 g/mol. The van der Waals surface area contributed by atoms with Crippen LogP contribution in [0.4, 0.5) is 5.69 Å². The van der Waals surface area contributed by atoms with Crippen molar-refractivity contribution in [3.63, 3.8) is 0 Å². The van der Waals surface area contributed by atoms with Crippen LogP contribution in [0, 0.1) is 5.92 Å². The second kappa shape index (κ2) is 5.25. The maximum absolute atomic E-state index is 11.9. The Kier molecular flexibility index (Phi) is 3.71. The lowest BCUT2D eigenvalue weighted by atomic mass is 10.1. The average Bonchev–Trinajstić information content (AvgIpc) is 2.94. The third kappa shape index (κ3) is 2.81. The highest BCUT2D eigenvalue weighted by molar-refractivity contribution is 5.89. The number of esters is 1. The predicted molar refractivity (Wildman–Crippen MR) is 66.8 cm³/mol. The fraction of sp³-hybridized carbons (Fsp3) is 0.615. The summed E-state index contributed by atoms with van der Waals surface area (Å²) >= 11 is 0. The Morgan fingerprint density at radius 1 is 1.53 bits per heavy atom. The fourth-order valence-electron chi connectivity index (χ4n) is 2.41. The van der Waals surface area contributed by atoms with Gasteiger partial charge in [-0.2, -0.15) is 0 Å². The molecule has 0 atom stereocenters. The van der Waals surface area contributed by atoms with Crippen LogP contribution in [-0.4, -0.2) is 17.1 Å². The summed E-state index contributed by atoms with van der Waals surface area (Å²) in [5.41, 5.74) is 6.85. The van der Waals surface area contributed by atoms with Crippen LogP contribution in [0.25, 0.3) is 0 Å². The summed E-state index contributed by atoms with van der Waals surface area (Å²) in [6.45, 7) is 3.26. The first-order valence-electron chi connectivity index (χ1n) is 6.33. The van der Waals surface area contributed by atoms with E-state index in [1.54, 1.807) is 12.3 Å². The zero-order chi connectivity index (χ0) is 12.3. The summed E-state index contributed by atoms with van der Waals surface area (Å²) in [5, 5.41) is 0. The van der Waals surface area contributed by atoms with Crippen molar-refractivity contribution in [3.8, 4) is 0 Å². The number of anilines is 1. The van der Waals surface area contributed by atoms with E-state index in [0.717, 1.165) is 6.54 Å². The van der Waals surface area contributed by atoms with Crippen LogP contribution in [0.15, 0.2) is 12.3 Å². The van der Waals surface area contributed by atoms with E-state index in [2.05, 4.69) is 0 Å². The minimum absolute atomic E-state index is 0.254. The maximum Gasteiger partial charge on any atom is 0.355 e. The smallest absolute Gasteiger partial charge is 0.355 e. The number of rotatable bonds is 4. The molecule has 1 aliphatic carbocycles. The van der Waals surface area contributed by atoms with Crippen molar-refractivity contribution in [3.05, 3.63) is 18.0 Å². The molecule has 0 aromatic carbocycles. The number of nitrogens with zero attached hydrogens (tertiary/aromatic N) is 1. The maximum atomic E-state index is 11.9. The standard InChI is InChI=1S/C13H20N2O2/c1-2-15-8-11(14)7-12(15)13(16)17-9-10-5-3-4-6-10/h7-8,10H,2-6,9,14H2,1H3. The Balaban J connectivity index is 1.93. The molecule has 2 rings (SSSR count). The lowest BCUT2D eigenvalue weighted by Crippen LogP contribution is -2.15. The summed E-state index contributed by atoms with van der Waals surface area (Å²) in [6, 6.07) is 1.68.